The molecule has 2 aromatic heterocycles. The minimum absolute atomic E-state index is 0.0176. The summed E-state index contributed by atoms with van der Waals surface area (Å²) in [5.41, 5.74) is 4.52. The number of aliphatic hydroxyl groups excluding tert-OH is 1. The van der Waals surface area contributed by atoms with E-state index in [9.17, 15) is 19.8 Å². The fourth-order valence-corrected chi connectivity index (χ4v) is 8.20. The fraction of sp³-hybridized carbons (Fsp3) is 0.500. The van der Waals surface area contributed by atoms with Crippen LogP contribution in [0.2, 0.25) is 0 Å². The van der Waals surface area contributed by atoms with Gasteiger partial charge in [-0.2, -0.15) is 0 Å². The first-order valence-corrected chi connectivity index (χ1v) is 18.9. The number of carbonyl (C=O) groups is 2. The van der Waals surface area contributed by atoms with E-state index < -0.39 is 18.0 Å². The number of likely N-dealkylation sites (tertiary alicyclic amines) is 3. The molecule has 0 bridgehead atoms. The zero-order valence-electron chi connectivity index (χ0n) is 30.7. The number of H-pyrrole nitrogens is 1. The minimum Gasteiger partial charge on any atom is -0.490 e. The lowest BCUT2D eigenvalue weighted by atomic mass is 9.95. The molecule has 5 heterocycles. The number of benzene rings is 2. The number of anilines is 1. The second-order valence-electron chi connectivity index (χ2n) is 15.4. The molecule has 13 heteroatoms. The van der Waals surface area contributed by atoms with Crippen LogP contribution in [-0.4, -0.2) is 110 Å². The van der Waals surface area contributed by atoms with Gasteiger partial charge in [0.2, 0.25) is 0 Å². The molecule has 3 amide bonds. The van der Waals surface area contributed by atoms with Crippen LogP contribution in [0.3, 0.4) is 0 Å². The van der Waals surface area contributed by atoms with Crippen LogP contribution >= 0.6 is 0 Å². The molecular weight excluding hydrogens is 677 g/mol. The van der Waals surface area contributed by atoms with Crippen LogP contribution in [-0.2, 0) is 0 Å². The van der Waals surface area contributed by atoms with E-state index in [-0.39, 0.29) is 24.6 Å². The smallest absolute Gasteiger partial charge is 0.407 e. The van der Waals surface area contributed by atoms with Gasteiger partial charge in [0, 0.05) is 74.1 Å². The van der Waals surface area contributed by atoms with E-state index in [2.05, 4.69) is 39.0 Å². The van der Waals surface area contributed by atoms with Crippen LogP contribution in [0, 0.1) is 30.5 Å². The number of aromatic amines is 1. The molecule has 2 aromatic carbocycles. The predicted octanol–water partition coefficient (Wildman–Crippen LogP) is 6.84. The monoisotopic (exact) mass is 727 g/mol. The van der Waals surface area contributed by atoms with Gasteiger partial charge in [-0.25, -0.2) is 23.9 Å². The molecule has 0 radical (unpaired) electrons. The van der Waals surface area contributed by atoms with Gasteiger partial charge in [-0.1, -0.05) is 13.8 Å². The Morgan fingerprint density at radius 1 is 1.00 bits per heavy atom. The van der Waals surface area contributed by atoms with Crippen molar-refractivity contribution >= 4 is 28.8 Å². The molecule has 4 N–H and O–H groups in total. The molecule has 3 aliphatic rings. The summed E-state index contributed by atoms with van der Waals surface area (Å²) in [7, 11) is 0. The van der Waals surface area contributed by atoms with Crippen LogP contribution < -0.4 is 10.1 Å². The number of amides is 3. The molecule has 0 spiro atoms. The van der Waals surface area contributed by atoms with Crippen molar-refractivity contribution in [2.75, 3.05) is 51.1 Å². The Bertz CT molecular complexity index is 1920. The highest BCUT2D eigenvalue weighted by Crippen LogP contribution is 2.36. The number of rotatable bonds is 9. The summed E-state index contributed by atoms with van der Waals surface area (Å²) in [5, 5.41) is 23.4. The third-order valence-electron chi connectivity index (χ3n) is 11.2. The van der Waals surface area contributed by atoms with Gasteiger partial charge in [-0.15, -0.1) is 0 Å². The second kappa shape index (κ2) is 15.7. The molecule has 3 saturated heterocycles. The van der Waals surface area contributed by atoms with Gasteiger partial charge in [0.1, 0.15) is 29.6 Å². The lowest BCUT2D eigenvalue weighted by Crippen LogP contribution is -2.44. The molecular formula is C40H50FN7O5. The molecule has 4 aromatic rings. The first-order valence-electron chi connectivity index (χ1n) is 18.9. The van der Waals surface area contributed by atoms with Crippen LogP contribution in [0.4, 0.5) is 19.7 Å². The van der Waals surface area contributed by atoms with Gasteiger partial charge in [-0.05, 0) is 104 Å². The Kier molecular flexibility index (Phi) is 10.8. The number of aromatic nitrogens is 3. The number of fused-ring (bicyclic) bond motifs is 1. The molecule has 0 aliphatic carbocycles. The van der Waals surface area contributed by atoms with Gasteiger partial charge in [-0.3, -0.25) is 0 Å². The van der Waals surface area contributed by atoms with Gasteiger partial charge < -0.3 is 40.0 Å². The maximum Gasteiger partial charge on any atom is 0.407 e. The standard InChI is InChI=1S/C40H50FN7O5/c1-24(2)16-28-21-48(22-36(28)49)39(50)45-34-18-29(41)17-32(25(34)3)37-33-19-35(44-38(33)43-23-42-37)27-4-6-30(7-5-27)53-31-10-12-46(13-11-31)20-26-8-14-47(15-9-26)40(51)52/h4-7,17-19,23-24,26,28,31,36,49H,8-16,20-22H2,1-3H3,(H,45,50)(H,51,52)(H,42,43,44)/t28-,36-/m0/s1. The molecule has 0 unspecified atom stereocenters. The quantitative estimate of drug-likeness (QED) is 0.147. The number of nitrogens with one attached hydrogen (secondary N) is 2. The number of piperidine rings is 2. The van der Waals surface area contributed by atoms with Crippen molar-refractivity contribution in [2.45, 2.75) is 65.1 Å². The first-order chi connectivity index (χ1) is 25.5. The number of aliphatic hydroxyl groups is 1. The Labute approximate surface area is 309 Å². The minimum atomic E-state index is -0.815. The summed E-state index contributed by atoms with van der Waals surface area (Å²) in [6.45, 7) is 11.0. The van der Waals surface area contributed by atoms with Crippen LogP contribution in [0.5, 0.6) is 5.75 Å². The van der Waals surface area contributed by atoms with E-state index in [1.54, 1.807) is 4.90 Å². The van der Waals surface area contributed by atoms with E-state index in [4.69, 9.17) is 4.74 Å². The van der Waals surface area contributed by atoms with E-state index in [1.165, 1.54) is 23.4 Å². The molecule has 7 rings (SSSR count). The largest absolute Gasteiger partial charge is 0.490 e. The number of halogens is 1. The third-order valence-corrected chi connectivity index (χ3v) is 11.2. The summed E-state index contributed by atoms with van der Waals surface area (Å²) in [4.78, 5) is 42.5. The number of hydrogen-bond donors (Lipinski definition) is 4. The van der Waals surface area contributed by atoms with Crippen molar-refractivity contribution in [1.29, 1.82) is 0 Å². The number of hydrogen-bond acceptors (Lipinski definition) is 7. The Hall–Kier alpha value is -4.75. The number of urea groups is 1. The number of carboxylic acid groups (broad SMARTS) is 1. The SMILES string of the molecule is Cc1c(NC(=O)N2C[C@H](CC(C)C)[C@@H](O)C2)cc(F)cc1-c1ncnc2[nH]c(-c3ccc(OC4CCN(CC5CCN(C(=O)O)CC5)CC4)cc3)cc12. The lowest BCUT2D eigenvalue weighted by molar-refractivity contribution is 0.0763. The molecule has 12 nitrogen and oxygen atoms in total. The third kappa shape index (κ3) is 8.41. The van der Waals surface area contributed by atoms with Crippen LogP contribution in [0.1, 0.15) is 51.5 Å². The number of ether oxygens (including phenoxy) is 1. The van der Waals surface area contributed by atoms with E-state index >= 15 is 4.39 Å². The first kappa shape index (κ1) is 36.6. The highest BCUT2D eigenvalue weighted by Gasteiger charge is 2.34. The van der Waals surface area contributed by atoms with Gasteiger partial charge in [0.25, 0.3) is 0 Å². The summed E-state index contributed by atoms with van der Waals surface area (Å²) >= 11 is 0. The number of nitrogens with zero attached hydrogens (tertiary/aromatic N) is 5. The predicted molar refractivity (Wildman–Crippen MR) is 201 cm³/mol. The normalized spacial score (nSPS) is 20.4. The molecule has 0 saturated carbocycles. The van der Waals surface area contributed by atoms with E-state index in [1.807, 2.05) is 37.3 Å². The van der Waals surface area contributed by atoms with Gasteiger partial charge in [0.15, 0.2) is 0 Å². The summed E-state index contributed by atoms with van der Waals surface area (Å²) in [6.07, 6.45) is 4.78. The highest BCUT2D eigenvalue weighted by molar-refractivity contribution is 5.97. The van der Waals surface area contributed by atoms with Crippen molar-refractivity contribution in [3.8, 4) is 28.3 Å². The average molecular weight is 728 g/mol. The van der Waals surface area contributed by atoms with Crippen molar-refractivity contribution < 1.29 is 28.9 Å². The number of carbonyl (C=O) groups excluding carboxylic acids is 1. The molecule has 2 atom stereocenters. The highest BCUT2D eigenvalue weighted by atomic mass is 19.1. The molecule has 282 valence electrons. The van der Waals surface area contributed by atoms with Crippen molar-refractivity contribution in [2.24, 2.45) is 17.8 Å². The van der Waals surface area contributed by atoms with Gasteiger partial charge in [0.05, 0.1) is 11.8 Å². The zero-order chi connectivity index (χ0) is 37.2. The lowest BCUT2D eigenvalue weighted by Gasteiger charge is -2.37. The van der Waals surface area contributed by atoms with Crippen LogP contribution in [0.25, 0.3) is 33.5 Å². The van der Waals surface area contributed by atoms with Crippen LogP contribution in [0.15, 0.2) is 48.8 Å². The summed E-state index contributed by atoms with van der Waals surface area (Å²) in [5.74, 6) is 1.29. The van der Waals surface area contributed by atoms with Gasteiger partial charge >= 0.3 is 12.1 Å². The topological polar surface area (TPSA) is 147 Å². The van der Waals surface area contributed by atoms with E-state index in [0.29, 0.717) is 59.6 Å². The Morgan fingerprint density at radius 3 is 2.43 bits per heavy atom. The summed E-state index contributed by atoms with van der Waals surface area (Å²) < 4.78 is 21.5. The fourth-order valence-electron chi connectivity index (χ4n) is 8.20. The van der Waals surface area contributed by atoms with Crippen molar-refractivity contribution in [3.63, 3.8) is 0 Å². The molecule has 3 aliphatic heterocycles. The maximum absolute atomic E-state index is 15.1. The number of β-amino-alcohol motifs (C(OH)–C–C–N with tert-alkyl or cyclic N) is 1. The van der Waals surface area contributed by atoms with Crippen molar-refractivity contribution in [1.82, 2.24) is 29.7 Å². The second-order valence-corrected chi connectivity index (χ2v) is 15.4. The molecule has 3 fully saturated rings. The van der Waals surface area contributed by atoms with E-state index in [0.717, 1.165) is 74.1 Å². The van der Waals surface area contributed by atoms with Crippen molar-refractivity contribution in [3.05, 3.63) is 60.2 Å². The Balaban J connectivity index is 0.988. The average Bonchev–Trinajstić information content (AvgIpc) is 3.74. The maximum atomic E-state index is 15.1. The zero-order valence-corrected chi connectivity index (χ0v) is 30.7. The molecule has 53 heavy (non-hydrogen) atoms. The summed E-state index contributed by atoms with van der Waals surface area (Å²) in [6, 6.07) is 12.3. The Morgan fingerprint density at radius 2 is 1.74 bits per heavy atom.